The molecule has 0 aliphatic rings. The normalized spacial score (nSPS) is 11.0. The van der Waals surface area contributed by atoms with Crippen LogP contribution in [-0.2, 0) is 11.3 Å². The molecule has 1 amide bonds. The first kappa shape index (κ1) is 21.1. The van der Waals surface area contributed by atoms with E-state index in [-0.39, 0.29) is 12.4 Å². The molecule has 3 aromatic heterocycles. The van der Waals surface area contributed by atoms with Crippen LogP contribution in [0.25, 0.3) is 22.6 Å². The highest BCUT2D eigenvalue weighted by Gasteiger charge is 2.18. The topological polar surface area (TPSA) is 104 Å². The molecule has 0 saturated heterocycles. The maximum absolute atomic E-state index is 12.6. The summed E-state index contributed by atoms with van der Waals surface area (Å²) in [6.07, 6.45) is 2.87. The van der Waals surface area contributed by atoms with Crippen molar-refractivity contribution in [1.29, 1.82) is 0 Å². The molecule has 0 fully saturated rings. The molecule has 1 aromatic carbocycles. The van der Waals surface area contributed by atoms with Crippen molar-refractivity contribution in [1.82, 2.24) is 25.4 Å². The predicted octanol–water partition coefficient (Wildman–Crippen LogP) is 3.69. The van der Waals surface area contributed by atoms with Gasteiger partial charge in [0.25, 0.3) is 5.89 Å². The van der Waals surface area contributed by atoms with E-state index in [2.05, 4.69) is 25.4 Å². The van der Waals surface area contributed by atoms with Crippen LogP contribution in [0.2, 0.25) is 0 Å². The minimum absolute atomic E-state index is 0.0451. The summed E-state index contributed by atoms with van der Waals surface area (Å²) in [5.74, 6) is -0.789. The Balaban J connectivity index is 1.57. The van der Waals surface area contributed by atoms with E-state index in [9.17, 15) is 13.6 Å². The van der Waals surface area contributed by atoms with Gasteiger partial charge in [0, 0.05) is 32.1 Å². The second kappa shape index (κ2) is 8.92. The fraction of sp³-hybridized carbons (Fsp3) is 0.190. The zero-order chi connectivity index (χ0) is 22.7. The second-order valence-corrected chi connectivity index (χ2v) is 7.10. The van der Waals surface area contributed by atoms with Crippen molar-refractivity contribution in [3.63, 3.8) is 0 Å². The lowest BCUT2D eigenvalue weighted by molar-refractivity contribution is -0.107. The molecule has 0 aliphatic carbocycles. The van der Waals surface area contributed by atoms with Gasteiger partial charge in [0.05, 0.1) is 35.4 Å². The van der Waals surface area contributed by atoms with Crippen LogP contribution in [0.1, 0.15) is 18.0 Å². The van der Waals surface area contributed by atoms with Crippen molar-refractivity contribution >= 4 is 17.8 Å². The first-order valence-corrected chi connectivity index (χ1v) is 9.55. The highest BCUT2D eigenvalue weighted by atomic mass is 19.3. The maximum Gasteiger partial charge on any atom is 0.314 e. The summed E-state index contributed by atoms with van der Waals surface area (Å²) in [5.41, 5.74) is 4.45. The van der Waals surface area contributed by atoms with Crippen LogP contribution in [0.3, 0.4) is 0 Å². The number of carbonyl (C=O) groups is 1. The van der Waals surface area contributed by atoms with Gasteiger partial charge >= 0.3 is 6.43 Å². The van der Waals surface area contributed by atoms with Gasteiger partial charge in [0.15, 0.2) is 0 Å². The summed E-state index contributed by atoms with van der Waals surface area (Å²) in [6, 6.07) is 9.06. The van der Waals surface area contributed by atoms with Crippen molar-refractivity contribution in [2.45, 2.75) is 13.0 Å². The summed E-state index contributed by atoms with van der Waals surface area (Å²) in [5, 5.41) is 13.7. The number of nitrogens with one attached hydrogen (secondary N) is 1. The number of nitrogens with zero attached hydrogens (tertiary/aromatic N) is 6. The Morgan fingerprint density at radius 3 is 2.47 bits per heavy atom. The molecule has 3 heterocycles. The predicted molar refractivity (Wildman–Crippen MR) is 113 cm³/mol. The van der Waals surface area contributed by atoms with E-state index in [4.69, 9.17) is 4.42 Å². The number of carbonyl (C=O) groups excluding carboxylic acids is 1. The minimum atomic E-state index is -2.84. The summed E-state index contributed by atoms with van der Waals surface area (Å²) in [4.78, 5) is 19.7. The summed E-state index contributed by atoms with van der Waals surface area (Å²) in [6.45, 7) is 0.210. The summed E-state index contributed by atoms with van der Waals surface area (Å²) in [7, 11) is 3.79. The number of pyridine rings is 1. The molecule has 4 rings (SSSR count). The molecule has 164 valence electrons. The summed E-state index contributed by atoms with van der Waals surface area (Å²) >= 11 is 0. The highest BCUT2D eigenvalue weighted by Crippen LogP contribution is 2.33. The van der Waals surface area contributed by atoms with Gasteiger partial charge in [-0.25, -0.2) is 0 Å². The number of halogens is 2. The number of alkyl halides is 2. The van der Waals surface area contributed by atoms with Gasteiger partial charge in [0.2, 0.25) is 12.3 Å². The van der Waals surface area contributed by atoms with E-state index >= 15 is 0 Å². The Bertz CT molecular complexity index is 1190. The lowest BCUT2D eigenvalue weighted by atomic mass is 10.1. The van der Waals surface area contributed by atoms with E-state index in [1.807, 2.05) is 37.2 Å². The quantitative estimate of drug-likeness (QED) is 0.418. The molecule has 0 aliphatic heterocycles. The number of H-pyrrole nitrogens is 1. The zero-order valence-corrected chi connectivity index (χ0v) is 17.2. The number of rotatable bonds is 8. The number of hydrogen-bond acceptors (Lipinski definition) is 7. The van der Waals surface area contributed by atoms with Gasteiger partial charge in [-0.1, -0.05) is 6.07 Å². The third-order valence-corrected chi connectivity index (χ3v) is 4.76. The number of aromatic nitrogens is 5. The van der Waals surface area contributed by atoms with E-state index in [1.165, 1.54) is 11.1 Å². The second-order valence-electron chi connectivity index (χ2n) is 7.10. The van der Waals surface area contributed by atoms with Crippen LogP contribution in [0.4, 0.5) is 20.2 Å². The average molecular weight is 439 g/mol. The Hall–Kier alpha value is -4.15. The Morgan fingerprint density at radius 1 is 1.06 bits per heavy atom. The number of amides is 1. The van der Waals surface area contributed by atoms with Crippen LogP contribution < -0.4 is 9.80 Å². The Labute approximate surface area is 181 Å². The molecule has 1 N–H and O–H groups in total. The third kappa shape index (κ3) is 4.31. The molecular weight excluding hydrogens is 420 g/mol. The average Bonchev–Trinajstić information content (AvgIpc) is 3.50. The van der Waals surface area contributed by atoms with Crippen LogP contribution >= 0.6 is 0 Å². The van der Waals surface area contributed by atoms with E-state index in [0.29, 0.717) is 16.9 Å². The fourth-order valence-electron chi connectivity index (χ4n) is 3.15. The van der Waals surface area contributed by atoms with Gasteiger partial charge in [-0.05, 0) is 29.8 Å². The van der Waals surface area contributed by atoms with Crippen LogP contribution in [-0.4, -0.2) is 45.9 Å². The van der Waals surface area contributed by atoms with Crippen molar-refractivity contribution in [2.24, 2.45) is 0 Å². The molecule has 0 saturated carbocycles. The maximum atomic E-state index is 12.6. The van der Waals surface area contributed by atoms with E-state index in [1.54, 1.807) is 24.5 Å². The molecule has 0 unspecified atom stereocenters. The molecule has 4 aromatic rings. The van der Waals surface area contributed by atoms with Gasteiger partial charge < -0.3 is 14.2 Å². The van der Waals surface area contributed by atoms with Gasteiger partial charge in [-0.3, -0.25) is 14.9 Å². The molecule has 0 bridgehead atoms. The minimum Gasteiger partial charge on any atom is -0.415 e. The fourth-order valence-corrected chi connectivity index (χ4v) is 3.15. The Kier molecular flexibility index (Phi) is 5.88. The van der Waals surface area contributed by atoms with Crippen molar-refractivity contribution in [2.75, 3.05) is 23.9 Å². The Morgan fingerprint density at radius 2 is 1.88 bits per heavy atom. The SMILES string of the molecule is CN(C)c1cc(-c2cn[nH]c2)ccc1N(C=O)Cc1ccc(-c2nnc(C(F)F)o2)cn1. The van der Waals surface area contributed by atoms with Crippen LogP contribution in [0, 0.1) is 0 Å². The van der Waals surface area contributed by atoms with Crippen LogP contribution in [0.5, 0.6) is 0 Å². The van der Waals surface area contributed by atoms with Crippen LogP contribution in [0.15, 0.2) is 53.3 Å². The molecule has 32 heavy (non-hydrogen) atoms. The number of hydrogen-bond donors (Lipinski definition) is 1. The molecular formula is C21H19F2N7O2. The highest BCUT2D eigenvalue weighted by molar-refractivity contribution is 5.86. The molecule has 0 radical (unpaired) electrons. The van der Waals surface area contributed by atoms with Gasteiger partial charge in [-0.15, -0.1) is 10.2 Å². The molecule has 11 heteroatoms. The lowest BCUT2D eigenvalue weighted by Gasteiger charge is -2.25. The van der Waals surface area contributed by atoms with E-state index in [0.717, 1.165) is 23.2 Å². The standard InChI is InChI=1S/C21H19F2N7O2/c1-29(2)18-7-13(15-9-25-26-10-15)4-6-17(18)30(12-31)11-16-5-3-14(8-24-16)20-27-28-21(32-20)19(22)23/h3-10,12,19H,11H2,1-2H3,(H,25,26). The molecule has 0 spiro atoms. The number of aromatic amines is 1. The molecule has 9 nitrogen and oxygen atoms in total. The zero-order valence-electron chi connectivity index (χ0n) is 17.2. The van der Waals surface area contributed by atoms with Gasteiger partial charge in [-0.2, -0.15) is 13.9 Å². The first-order valence-electron chi connectivity index (χ1n) is 9.55. The largest absolute Gasteiger partial charge is 0.415 e. The van der Waals surface area contributed by atoms with Crippen molar-refractivity contribution in [3.8, 4) is 22.6 Å². The van der Waals surface area contributed by atoms with Crippen molar-refractivity contribution < 1.29 is 18.0 Å². The number of benzene rings is 1. The van der Waals surface area contributed by atoms with Gasteiger partial charge in [0.1, 0.15) is 0 Å². The monoisotopic (exact) mass is 439 g/mol. The number of anilines is 2. The first-order chi connectivity index (χ1) is 15.5. The van der Waals surface area contributed by atoms with E-state index < -0.39 is 12.3 Å². The third-order valence-electron chi connectivity index (χ3n) is 4.76. The lowest BCUT2D eigenvalue weighted by Crippen LogP contribution is -2.24. The summed E-state index contributed by atoms with van der Waals surface area (Å²) < 4.78 is 30.2. The smallest absolute Gasteiger partial charge is 0.314 e. The molecule has 0 atom stereocenters. The van der Waals surface area contributed by atoms with Crippen molar-refractivity contribution in [3.05, 3.63) is 60.5 Å².